The molecule has 1 saturated carbocycles. The third-order valence-electron chi connectivity index (χ3n) is 6.18. The number of nitrogens with one attached hydrogen (secondary N) is 1. The van der Waals surface area contributed by atoms with Crippen molar-refractivity contribution in [3.05, 3.63) is 29.8 Å². The van der Waals surface area contributed by atoms with Crippen LogP contribution in [-0.2, 0) is 16.0 Å². The molecule has 0 atom stereocenters. The zero-order valence-electron chi connectivity index (χ0n) is 15.5. The number of aryl methyl sites for hydroxylation is 1. The first kappa shape index (κ1) is 17.5. The Morgan fingerprint density at radius 1 is 1.00 bits per heavy atom. The molecular weight excluding hydrogens is 326 g/mol. The summed E-state index contributed by atoms with van der Waals surface area (Å²) in [5.41, 5.74) is 2.37. The topological polar surface area (TPSA) is 52.7 Å². The van der Waals surface area contributed by atoms with Gasteiger partial charge in [-0.05, 0) is 50.2 Å². The van der Waals surface area contributed by atoms with Crippen LogP contribution < -0.4 is 10.2 Å². The lowest BCUT2D eigenvalue weighted by molar-refractivity contribution is -0.128. The van der Waals surface area contributed by atoms with E-state index in [4.69, 9.17) is 0 Å². The average molecular weight is 355 g/mol. The lowest BCUT2D eigenvalue weighted by Crippen LogP contribution is -2.50. The van der Waals surface area contributed by atoms with Gasteiger partial charge in [0.25, 0.3) is 0 Å². The SMILES string of the molecule is O=C(NC1CCN(CC(=O)N2CCCc3ccccc32)CC1)C1CCC1. The average Bonchev–Trinajstić information content (AvgIpc) is 2.61. The summed E-state index contributed by atoms with van der Waals surface area (Å²) in [6.07, 6.45) is 7.29. The van der Waals surface area contributed by atoms with Crippen molar-refractivity contribution in [2.45, 2.75) is 51.0 Å². The molecule has 0 spiro atoms. The molecule has 1 aromatic rings. The van der Waals surface area contributed by atoms with Crippen LogP contribution in [0.4, 0.5) is 5.69 Å². The first-order chi connectivity index (χ1) is 12.7. The fourth-order valence-electron chi connectivity index (χ4n) is 4.29. The second-order valence-electron chi connectivity index (χ2n) is 7.96. The summed E-state index contributed by atoms with van der Waals surface area (Å²) in [7, 11) is 0. The van der Waals surface area contributed by atoms with Crippen molar-refractivity contribution < 1.29 is 9.59 Å². The predicted molar refractivity (Wildman–Crippen MR) is 102 cm³/mol. The zero-order chi connectivity index (χ0) is 17.9. The van der Waals surface area contributed by atoms with E-state index in [1.807, 2.05) is 11.0 Å². The number of amides is 2. The summed E-state index contributed by atoms with van der Waals surface area (Å²) < 4.78 is 0. The maximum atomic E-state index is 12.8. The highest BCUT2D eigenvalue weighted by molar-refractivity contribution is 5.96. The lowest BCUT2D eigenvalue weighted by atomic mass is 9.84. The number of nitrogens with zero attached hydrogens (tertiary/aromatic N) is 2. The van der Waals surface area contributed by atoms with E-state index in [9.17, 15) is 9.59 Å². The van der Waals surface area contributed by atoms with Crippen LogP contribution in [0.15, 0.2) is 24.3 Å². The summed E-state index contributed by atoms with van der Waals surface area (Å²) in [4.78, 5) is 29.1. The Hall–Kier alpha value is -1.88. The number of likely N-dealkylation sites (tertiary alicyclic amines) is 1. The molecule has 2 heterocycles. The Morgan fingerprint density at radius 2 is 1.77 bits per heavy atom. The second kappa shape index (κ2) is 7.78. The standard InChI is InChI=1S/C21H29N3O2/c25-20(24-12-4-8-16-5-1-2-9-19(16)24)15-23-13-10-18(11-14-23)22-21(26)17-6-3-7-17/h1-2,5,9,17-18H,3-4,6-8,10-15H2,(H,22,26). The molecule has 2 fully saturated rings. The van der Waals surface area contributed by atoms with Gasteiger partial charge < -0.3 is 10.2 Å². The van der Waals surface area contributed by atoms with E-state index in [1.165, 1.54) is 12.0 Å². The van der Waals surface area contributed by atoms with Crippen LogP contribution in [0.1, 0.15) is 44.1 Å². The number of fused-ring (bicyclic) bond motifs is 1. The monoisotopic (exact) mass is 355 g/mol. The van der Waals surface area contributed by atoms with Gasteiger partial charge in [-0.2, -0.15) is 0 Å². The van der Waals surface area contributed by atoms with Crippen LogP contribution in [0.25, 0.3) is 0 Å². The van der Waals surface area contributed by atoms with Gasteiger partial charge in [-0.25, -0.2) is 0 Å². The molecule has 4 rings (SSSR count). The predicted octanol–water partition coefficient (Wildman–Crippen LogP) is 2.35. The zero-order valence-corrected chi connectivity index (χ0v) is 15.5. The molecule has 26 heavy (non-hydrogen) atoms. The van der Waals surface area contributed by atoms with E-state index in [0.717, 1.165) is 63.8 Å². The molecule has 0 bridgehead atoms. The number of carbonyl (C=O) groups is 2. The molecule has 3 aliphatic rings. The van der Waals surface area contributed by atoms with Gasteiger partial charge in [0.1, 0.15) is 0 Å². The van der Waals surface area contributed by atoms with Gasteiger partial charge in [0.2, 0.25) is 11.8 Å². The minimum atomic E-state index is 0.203. The molecule has 1 aromatic carbocycles. The molecule has 1 aliphatic carbocycles. The van der Waals surface area contributed by atoms with E-state index in [1.54, 1.807) is 0 Å². The van der Waals surface area contributed by atoms with Crippen molar-refractivity contribution in [2.75, 3.05) is 31.1 Å². The van der Waals surface area contributed by atoms with Crippen LogP contribution in [0, 0.1) is 5.92 Å². The highest BCUT2D eigenvalue weighted by atomic mass is 16.2. The Balaban J connectivity index is 1.27. The first-order valence-corrected chi connectivity index (χ1v) is 10.1. The van der Waals surface area contributed by atoms with Gasteiger partial charge >= 0.3 is 0 Å². The molecule has 2 amide bonds. The Morgan fingerprint density at radius 3 is 2.50 bits per heavy atom. The number of carbonyl (C=O) groups excluding carboxylic acids is 2. The third kappa shape index (κ3) is 3.78. The molecule has 5 nitrogen and oxygen atoms in total. The summed E-state index contributed by atoms with van der Waals surface area (Å²) in [5.74, 6) is 0.707. The highest BCUT2D eigenvalue weighted by Gasteiger charge is 2.29. The van der Waals surface area contributed by atoms with Crippen molar-refractivity contribution in [1.29, 1.82) is 0 Å². The summed E-state index contributed by atoms with van der Waals surface area (Å²) in [6, 6.07) is 8.54. The van der Waals surface area contributed by atoms with E-state index < -0.39 is 0 Å². The number of benzene rings is 1. The van der Waals surface area contributed by atoms with Gasteiger partial charge in [0.15, 0.2) is 0 Å². The number of hydrogen-bond donors (Lipinski definition) is 1. The largest absolute Gasteiger partial charge is 0.353 e. The Kier molecular flexibility index (Phi) is 5.25. The van der Waals surface area contributed by atoms with Gasteiger partial charge in [0.05, 0.1) is 6.54 Å². The minimum absolute atomic E-state index is 0.203. The summed E-state index contributed by atoms with van der Waals surface area (Å²) >= 11 is 0. The number of para-hydroxylation sites is 1. The minimum Gasteiger partial charge on any atom is -0.353 e. The number of anilines is 1. The van der Waals surface area contributed by atoms with Crippen LogP contribution in [-0.4, -0.2) is 48.9 Å². The van der Waals surface area contributed by atoms with E-state index in [2.05, 4.69) is 28.4 Å². The maximum Gasteiger partial charge on any atom is 0.241 e. The van der Waals surface area contributed by atoms with Gasteiger partial charge in [-0.15, -0.1) is 0 Å². The summed E-state index contributed by atoms with van der Waals surface area (Å²) in [5, 5.41) is 3.21. The van der Waals surface area contributed by atoms with E-state index >= 15 is 0 Å². The van der Waals surface area contributed by atoms with Crippen LogP contribution in [0.3, 0.4) is 0 Å². The van der Waals surface area contributed by atoms with Crippen molar-refractivity contribution in [3.63, 3.8) is 0 Å². The third-order valence-corrected chi connectivity index (χ3v) is 6.18. The number of hydrogen-bond acceptors (Lipinski definition) is 3. The van der Waals surface area contributed by atoms with Gasteiger partial charge in [-0.1, -0.05) is 24.6 Å². The normalized spacial score (nSPS) is 21.8. The number of piperidine rings is 1. The highest BCUT2D eigenvalue weighted by Crippen LogP contribution is 2.28. The van der Waals surface area contributed by atoms with Crippen LogP contribution in [0.2, 0.25) is 0 Å². The smallest absolute Gasteiger partial charge is 0.241 e. The van der Waals surface area contributed by atoms with Crippen molar-refractivity contribution in [3.8, 4) is 0 Å². The van der Waals surface area contributed by atoms with Crippen LogP contribution in [0.5, 0.6) is 0 Å². The Bertz CT molecular complexity index is 663. The fourth-order valence-corrected chi connectivity index (χ4v) is 4.29. The van der Waals surface area contributed by atoms with E-state index in [-0.39, 0.29) is 23.8 Å². The van der Waals surface area contributed by atoms with Crippen molar-refractivity contribution >= 4 is 17.5 Å². The van der Waals surface area contributed by atoms with Crippen molar-refractivity contribution in [1.82, 2.24) is 10.2 Å². The molecule has 0 radical (unpaired) electrons. The van der Waals surface area contributed by atoms with Gasteiger partial charge in [-0.3, -0.25) is 14.5 Å². The van der Waals surface area contributed by atoms with E-state index in [0.29, 0.717) is 6.54 Å². The van der Waals surface area contributed by atoms with Crippen LogP contribution >= 0.6 is 0 Å². The van der Waals surface area contributed by atoms with Gasteiger partial charge in [0, 0.05) is 37.3 Å². The quantitative estimate of drug-likeness (QED) is 0.902. The lowest BCUT2D eigenvalue weighted by Gasteiger charge is -2.36. The molecule has 140 valence electrons. The molecule has 5 heteroatoms. The molecular formula is C21H29N3O2. The molecule has 1 N–H and O–H groups in total. The second-order valence-corrected chi connectivity index (χ2v) is 7.96. The molecule has 1 saturated heterocycles. The summed E-state index contributed by atoms with van der Waals surface area (Å²) in [6.45, 7) is 3.08. The Labute approximate surface area is 155 Å². The number of rotatable bonds is 4. The molecule has 0 aromatic heterocycles. The first-order valence-electron chi connectivity index (χ1n) is 10.1. The maximum absolute atomic E-state index is 12.8. The molecule has 0 unspecified atom stereocenters. The fraction of sp³-hybridized carbons (Fsp3) is 0.619. The van der Waals surface area contributed by atoms with Crippen molar-refractivity contribution in [2.24, 2.45) is 5.92 Å². The molecule has 2 aliphatic heterocycles.